The number of benzene rings is 2. The molecule has 2 fully saturated rings. The molecule has 0 amide bonds. The summed E-state index contributed by atoms with van der Waals surface area (Å²) in [7, 11) is 3.60. The number of cyclic esters (lactones) is 1. The maximum absolute atomic E-state index is 14.2. The quantitative estimate of drug-likeness (QED) is 0.145. The van der Waals surface area contributed by atoms with Crippen LogP contribution in [0.5, 0.6) is 0 Å². The van der Waals surface area contributed by atoms with E-state index in [1.807, 2.05) is 11.8 Å². The average Bonchev–Trinajstić information content (AvgIpc) is 3.17. The number of esters is 2. The fourth-order valence-electron chi connectivity index (χ4n) is 8.76. The Labute approximate surface area is 356 Å². The maximum Gasteiger partial charge on any atom is 0.312 e. The summed E-state index contributed by atoms with van der Waals surface area (Å²) in [6.45, 7) is 14.3. The van der Waals surface area contributed by atoms with Gasteiger partial charge >= 0.3 is 11.9 Å². The molecular weight excluding hydrogens is 799 g/mol. The summed E-state index contributed by atoms with van der Waals surface area (Å²) < 4.78 is 66.7. The molecule has 2 aliphatic rings. The minimum Gasteiger partial charge on any atom is -0.461 e. The van der Waals surface area contributed by atoms with Gasteiger partial charge in [-0.2, -0.15) is 10.2 Å². The Hall–Kier alpha value is -3.77. The zero-order chi connectivity index (χ0) is 45.7. The van der Waals surface area contributed by atoms with Crippen LogP contribution in [-0.2, 0) is 35.0 Å². The van der Waals surface area contributed by atoms with Crippen LogP contribution in [0.2, 0.25) is 0 Å². The van der Waals surface area contributed by atoms with E-state index in [9.17, 15) is 43.2 Å². The summed E-state index contributed by atoms with van der Waals surface area (Å²) in [5.41, 5.74) is -2.81. The zero-order valence-electron chi connectivity index (χ0n) is 37.0. The van der Waals surface area contributed by atoms with Gasteiger partial charge in [0.25, 0.3) is 0 Å². The number of aliphatic hydroxyl groups is 4. The van der Waals surface area contributed by atoms with Gasteiger partial charge in [0, 0.05) is 29.7 Å². The Morgan fingerprint density at radius 3 is 2.13 bits per heavy atom. The van der Waals surface area contributed by atoms with Crippen LogP contribution in [0, 0.1) is 41.1 Å². The predicted octanol–water partition coefficient (Wildman–Crippen LogP) is 5.37. The Morgan fingerprint density at radius 1 is 0.951 bits per heavy atom. The van der Waals surface area contributed by atoms with Gasteiger partial charge in [-0.3, -0.25) is 9.59 Å². The van der Waals surface area contributed by atoms with Crippen LogP contribution in [-0.4, -0.2) is 123 Å². The molecule has 2 aromatic carbocycles. The highest BCUT2D eigenvalue weighted by molar-refractivity contribution is 5.99. The molecule has 2 aliphatic heterocycles. The molecule has 61 heavy (non-hydrogen) atoms. The summed E-state index contributed by atoms with van der Waals surface area (Å²) in [5, 5.41) is 57.2. The van der Waals surface area contributed by atoms with E-state index in [4.69, 9.17) is 18.9 Å². The highest BCUT2D eigenvalue weighted by Crippen LogP contribution is 2.39. The number of hydrogen-bond acceptors (Lipinski definition) is 13. The van der Waals surface area contributed by atoms with Crippen LogP contribution in [0.15, 0.2) is 52.7 Å². The highest BCUT2D eigenvalue weighted by Gasteiger charge is 2.52. The van der Waals surface area contributed by atoms with Crippen molar-refractivity contribution >= 4 is 23.4 Å². The van der Waals surface area contributed by atoms with Crippen molar-refractivity contribution in [2.24, 2.45) is 33.9 Å². The lowest BCUT2D eigenvalue weighted by Crippen LogP contribution is -2.60. The predicted molar refractivity (Wildman–Crippen MR) is 222 cm³/mol. The summed E-state index contributed by atoms with van der Waals surface area (Å²) in [4.78, 5) is 29.7. The molecule has 2 aromatic rings. The molecule has 0 aromatic heterocycles. The van der Waals surface area contributed by atoms with Gasteiger partial charge in [-0.1, -0.05) is 39.8 Å². The molecule has 2 saturated heterocycles. The van der Waals surface area contributed by atoms with Crippen LogP contribution in [0.4, 0.5) is 13.2 Å². The first-order valence-electron chi connectivity index (χ1n) is 20.9. The Balaban J connectivity index is 1.90. The highest BCUT2D eigenvalue weighted by atomic mass is 19.1. The van der Waals surface area contributed by atoms with Gasteiger partial charge in [0.2, 0.25) is 0 Å². The monoisotopic (exact) mass is 863 g/mol. The van der Waals surface area contributed by atoms with Gasteiger partial charge < -0.3 is 44.3 Å². The van der Waals surface area contributed by atoms with Gasteiger partial charge in [-0.25, -0.2) is 13.2 Å². The number of carbonyl (C=O) groups excluding carboxylic acids is 2. The topological polar surface area (TPSA) is 180 Å². The number of ether oxygens (including phenoxy) is 4. The molecule has 4 N–H and O–H groups in total. The number of likely N-dealkylation sites (N-methyl/N-ethyl adjacent to an activating group) is 1. The first-order valence-corrected chi connectivity index (χ1v) is 20.9. The third-order valence-electron chi connectivity index (χ3n) is 12.2. The van der Waals surface area contributed by atoms with Crippen molar-refractivity contribution < 1.29 is 62.1 Å². The molecule has 0 bridgehead atoms. The van der Waals surface area contributed by atoms with Crippen LogP contribution >= 0.6 is 0 Å². The molecular formula is C45H64F3N3O10. The number of nitrogens with zero attached hydrogens (tertiary/aromatic N) is 3. The summed E-state index contributed by atoms with van der Waals surface area (Å²) in [5.74, 6) is -8.22. The lowest BCUT2D eigenvalue weighted by Gasteiger charge is -2.47. The normalized spacial score (nSPS) is 36.7. The number of hydrogen-bond donors (Lipinski definition) is 4. The van der Waals surface area contributed by atoms with Crippen molar-refractivity contribution in [1.82, 2.24) is 4.90 Å². The Morgan fingerprint density at radius 2 is 1.56 bits per heavy atom. The van der Waals surface area contributed by atoms with Crippen LogP contribution in [0.1, 0.15) is 92.7 Å². The first kappa shape index (κ1) is 49.9. The molecule has 2 heterocycles. The molecule has 4 unspecified atom stereocenters. The molecule has 13 nitrogen and oxygen atoms in total. The van der Waals surface area contributed by atoms with Crippen LogP contribution in [0.25, 0.3) is 0 Å². The molecule has 14 atom stereocenters. The second-order valence-corrected chi connectivity index (χ2v) is 17.7. The van der Waals surface area contributed by atoms with Gasteiger partial charge in [-0.15, -0.1) is 0 Å². The molecule has 0 radical (unpaired) electrons. The average molecular weight is 864 g/mol. The van der Waals surface area contributed by atoms with Crippen molar-refractivity contribution in [1.29, 1.82) is 0 Å². The van der Waals surface area contributed by atoms with Crippen molar-refractivity contribution in [2.45, 2.75) is 148 Å². The van der Waals surface area contributed by atoms with Gasteiger partial charge in [0.05, 0.1) is 42.0 Å². The lowest BCUT2D eigenvalue weighted by atomic mass is 9.73. The number of halogens is 3. The molecule has 16 heteroatoms. The van der Waals surface area contributed by atoms with Gasteiger partial charge in [0.1, 0.15) is 41.4 Å². The number of carbonyl (C=O) groups is 2. The summed E-state index contributed by atoms with van der Waals surface area (Å²) >= 11 is 0. The second kappa shape index (κ2) is 20.6. The first-order chi connectivity index (χ1) is 28.4. The molecule has 4 rings (SSSR count). The molecule has 340 valence electrons. The van der Waals surface area contributed by atoms with Crippen molar-refractivity contribution in [3.63, 3.8) is 0 Å². The van der Waals surface area contributed by atoms with Crippen LogP contribution in [0.3, 0.4) is 0 Å². The fourth-order valence-corrected chi connectivity index (χ4v) is 8.76. The summed E-state index contributed by atoms with van der Waals surface area (Å²) in [6, 6.07) is 7.83. The van der Waals surface area contributed by atoms with E-state index in [0.717, 1.165) is 12.1 Å². The van der Waals surface area contributed by atoms with E-state index in [1.165, 1.54) is 45.0 Å². The minimum atomic E-state index is -2.08. The maximum atomic E-state index is 14.2. The van der Waals surface area contributed by atoms with E-state index in [2.05, 4.69) is 10.2 Å². The Bertz CT molecular complexity index is 1860. The number of aliphatic hydroxyl groups excluding tert-OH is 2. The largest absolute Gasteiger partial charge is 0.461 e. The van der Waals surface area contributed by atoms with E-state index < -0.39 is 120 Å². The minimum absolute atomic E-state index is 0.0309. The summed E-state index contributed by atoms with van der Waals surface area (Å²) in [6.07, 6.45) is -8.87. The third kappa shape index (κ3) is 12.2. The second-order valence-electron chi connectivity index (χ2n) is 17.7. The number of rotatable bonds is 9. The molecule has 0 spiro atoms. The zero-order valence-corrected chi connectivity index (χ0v) is 37.0. The fraction of sp³-hybridized carbons (Fsp3) is 0.644. The van der Waals surface area contributed by atoms with Crippen LogP contribution < -0.4 is 0 Å². The van der Waals surface area contributed by atoms with E-state index in [1.54, 1.807) is 48.7 Å². The standard InChI is InChI=1S/C45H64F3N3O10/c1-12-35-45(9,57)40(54)25(4)37(50-49-28(7)30-13-15-31(46)16-14-30)23(2)22-44(8,56)41(61-43-38(53)34(51(10)11)17-24(3)58-43)26(5)39(27(6)42(55)59-35)60-36(52)20-29-18-32(47)21-33(48)19-29/h13-16,18-19,21,23-27,34-35,38-41,43,53-54,56-57H,12,17,20,22H2,1-11H3/b49-28+,50-37+/t23-,24?,25+,26+,27-,34?,35-,38?,39+,40-,41-,43?,44-,45-/m1/s1. The smallest absolute Gasteiger partial charge is 0.312 e. The van der Waals surface area contributed by atoms with Crippen molar-refractivity contribution in [3.05, 3.63) is 71.0 Å². The van der Waals surface area contributed by atoms with Gasteiger partial charge in [-0.05, 0) is 109 Å². The van der Waals surface area contributed by atoms with E-state index in [-0.39, 0.29) is 24.1 Å². The van der Waals surface area contributed by atoms with Crippen molar-refractivity contribution in [2.75, 3.05) is 14.1 Å². The van der Waals surface area contributed by atoms with E-state index in [0.29, 0.717) is 23.8 Å². The third-order valence-corrected chi connectivity index (χ3v) is 12.2. The Kier molecular flexibility index (Phi) is 16.9. The molecule has 0 saturated carbocycles. The lowest BCUT2D eigenvalue weighted by molar-refractivity contribution is -0.299. The van der Waals surface area contributed by atoms with Gasteiger partial charge in [0.15, 0.2) is 6.29 Å². The van der Waals surface area contributed by atoms with Crippen molar-refractivity contribution in [3.8, 4) is 0 Å². The van der Waals surface area contributed by atoms with E-state index >= 15 is 0 Å². The molecule has 0 aliphatic carbocycles. The SMILES string of the molecule is CC[C@H]1OC(=O)[C@H](C)[C@@H](OC(=O)Cc2cc(F)cc(F)c2)[C@H](C)[C@@H](OC2OC(C)CC(N(C)C)C2O)[C@](C)(O)C[C@@H](C)/C(=N\N=C(/C)c2ccc(F)cc2)[C@H](C)[C@@H](O)[C@]1(C)O.